The highest BCUT2D eigenvalue weighted by Crippen LogP contribution is 2.21. The zero-order chi connectivity index (χ0) is 13.4. The molecule has 1 fully saturated rings. The summed E-state index contributed by atoms with van der Waals surface area (Å²) in [5, 5.41) is 8.36. The minimum Gasteiger partial charge on any atom is -0.372 e. The number of nitrogens with zero attached hydrogens (tertiary/aromatic N) is 5. The summed E-state index contributed by atoms with van der Waals surface area (Å²) in [6.07, 6.45) is 3.08. The Balaban J connectivity index is 1.92. The van der Waals surface area contributed by atoms with Crippen LogP contribution in [0.2, 0.25) is 0 Å². The lowest BCUT2D eigenvalue weighted by molar-refractivity contribution is 0.312. The predicted molar refractivity (Wildman–Crippen MR) is 74.9 cm³/mol. The van der Waals surface area contributed by atoms with E-state index in [2.05, 4.69) is 32.2 Å². The van der Waals surface area contributed by atoms with Crippen LogP contribution in [-0.2, 0) is 13.6 Å². The molecule has 0 saturated carbocycles. The highest BCUT2D eigenvalue weighted by molar-refractivity contribution is 5.86. The second kappa shape index (κ2) is 4.77. The first-order valence-corrected chi connectivity index (χ1v) is 6.76. The quantitative estimate of drug-likeness (QED) is 0.900. The third-order valence-corrected chi connectivity index (χ3v) is 3.75. The molecule has 2 aromatic heterocycles. The van der Waals surface area contributed by atoms with Crippen LogP contribution in [0.1, 0.15) is 19.2 Å². The molecule has 1 aliphatic rings. The highest BCUT2D eigenvalue weighted by atomic mass is 15.3. The van der Waals surface area contributed by atoms with Gasteiger partial charge in [-0.25, -0.2) is 9.97 Å². The summed E-state index contributed by atoms with van der Waals surface area (Å²) < 4.78 is 1.80. The third kappa shape index (κ3) is 2.28. The summed E-state index contributed by atoms with van der Waals surface area (Å²) in [5.41, 5.74) is 0.890. The smallest absolute Gasteiger partial charge is 0.163 e. The molecular weight excluding hydrogens is 240 g/mol. The van der Waals surface area contributed by atoms with E-state index in [0.29, 0.717) is 0 Å². The molecule has 6 nitrogen and oxygen atoms in total. The number of likely N-dealkylation sites (tertiary alicyclic amines) is 1. The van der Waals surface area contributed by atoms with Gasteiger partial charge in [-0.2, -0.15) is 5.10 Å². The van der Waals surface area contributed by atoms with Crippen molar-refractivity contribution in [1.29, 1.82) is 0 Å². The number of anilines is 1. The molecule has 1 aliphatic heterocycles. The number of hydrogen-bond acceptors (Lipinski definition) is 5. The molecule has 2 aromatic rings. The lowest BCUT2D eigenvalue weighted by Crippen LogP contribution is -2.21. The van der Waals surface area contributed by atoms with Crippen molar-refractivity contribution in [2.75, 3.05) is 25.5 Å². The molecule has 19 heavy (non-hydrogen) atoms. The normalized spacial score (nSPS) is 20.3. The second-order valence-corrected chi connectivity index (χ2v) is 5.37. The van der Waals surface area contributed by atoms with E-state index in [0.717, 1.165) is 48.2 Å². The summed E-state index contributed by atoms with van der Waals surface area (Å²) in [6.45, 7) is 5.40. The van der Waals surface area contributed by atoms with Gasteiger partial charge in [-0.05, 0) is 18.9 Å². The lowest BCUT2D eigenvalue weighted by Gasteiger charge is -2.14. The Kier molecular flexibility index (Phi) is 3.10. The molecule has 1 N–H and O–H groups in total. The number of nitrogens with one attached hydrogen (secondary N) is 1. The van der Waals surface area contributed by atoms with E-state index >= 15 is 0 Å². The van der Waals surface area contributed by atoms with Gasteiger partial charge in [-0.1, -0.05) is 6.92 Å². The number of aryl methyl sites for hydroxylation is 1. The minimum absolute atomic E-state index is 0.782. The van der Waals surface area contributed by atoms with Gasteiger partial charge in [0, 0.05) is 20.6 Å². The largest absolute Gasteiger partial charge is 0.372 e. The van der Waals surface area contributed by atoms with E-state index < -0.39 is 0 Å². The fraction of sp³-hybridized carbons (Fsp3) is 0.615. The van der Waals surface area contributed by atoms with Crippen molar-refractivity contribution in [2.45, 2.75) is 19.9 Å². The van der Waals surface area contributed by atoms with Gasteiger partial charge in [-0.15, -0.1) is 0 Å². The second-order valence-electron chi connectivity index (χ2n) is 5.37. The van der Waals surface area contributed by atoms with Crippen LogP contribution in [-0.4, -0.2) is 44.8 Å². The van der Waals surface area contributed by atoms with Crippen LogP contribution in [0, 0.1) is 5.92 Å². The Morgan fingerprint density at radius 1 is 1.42 bits per heavy atom. The Hall–Kier alpha value is -1.69. The summed E-state index contributed by atoms with van der Waals surface area (Å²) in [5.74, 6) is 2.51. The fourth-order valence-corrected chi connectivity index (χ4v) is 2.70. The number of aromatic nitrogens is 4. The average molecular weight is 260 g/mol. The highest BCUT2D eigenvalue weighted by Gasteiger charge is 2.20. The van der Waals surface area contributed by atoms with Gasteiger partial charge in [0.25, 0.3) is 0 Å². The van der Waals surface area contributed by atoms with E-state index in [1.165, 1.54) is 6.42 Å². The van der Waals surface area contributed by atoms with Crippen LogP contribution >= 0.6 is 0 Å². The maximum Gasteiger partial charge on any atom is 0.163 e. The first-order chi connectivity index (χ1) is 9.17. The third-order valence-electron chi connectivity index (χ3n) is 3.75. The molecule has 1 saturated heterocycles. The van der Waals surface area contributed by atoms with Crippen LogP contribution in [0.15, 0.2) is 6.20 Å². The van der Waals surface area contributed by atoms with E-state index in [1.54, 1.807) is 4.68 Å². The van der Waals surface area contributed by atoms with Gasteiger partial charge in [0.1, 0.15) is 11.6 Å². The first kappa shape index (κ1) is 12.3. The van der Waals surface area contributed by atoms with Crippen molar-refractivity contribution in [3.05, 3.63) is 12.0 Å². The molecule has 1 unspecified atom stereocenters. The van der Waals surface area contributed by atoms with Crippen molar-refractivity contribution in [3.8, 4) is 0 Å². The number of rotatable bonds is 3. The predicted octanol–water partition coefficient (Wildman–Crippen LogP) is 1.25. The van der Waals surface area contributed by atoms with Crippen molar-refractivity contribution >= 4 is 16.9 Å². The molecule has 3 rings (SSSR count). The maximum atomic E-state index is 4.64. The van der Waals surface area contributed by atoms with Gasteiger partial charge in [0.15, 0.2) is 5.65 Å². The first-order valence-electron chi connectivity index (χ1n) is 6.76. The monoisotopic (exact) mass is 260 g/mol. The Labute approximate surface area is 112 Å². The molecule has 0 spiro atoms. The number of fused-ring (bicyclic) bond motifs is 1. The summed E-state index contributed by atoms with van der Waals surface area (Å²) in [6, 6.07) is 0. The van der Waals surface area contributed by atoms with E-state index in [-0.39, 0.29) is 0 Å². The summed E-state index contributed by atoms with van der Waals surface area (Å²) >= 11 is 0. The van der Waals surface area contributed by atoms with E-state index in [1.807, 2.05) is 20.3 Å². The van der Waals surface area contributed by atoms with Crippen molar-refractivity contribution in [3.63, 3.8) is 0 Å². The molecule has 0 aliphatic carbocycles. The summed E-state index contributed by atoms with van der Waals surface area (Å²) in [4.78, 5) is 11.7. The van der Waals surface area contributed by atoms with Crippen LogP contribution < -0.4 is 5.32 Å². The Morgan fingerprint density at radius 2 is 2.26 bits per heavy atom. The van der Waals surface area contributed by atoms with Gasteiger partial charge < -0.3 is 5.32 Å². The SMILES string of the molecule is CNc1nc(CN2CCC(C)C2)nc2c1cnn2C. The van der Waals surface area contributed by atoms with Crippen LogP contribution in [0.3, 0.4) is 0 Å². The van der Waals surface area contributed by atoms with Crippen LogP contribution in [0.4, 0.5) is 5.82 Å². The molecule has 0 amide bonds. The zero-order valence-electron chi connectivity index (χ0n) is 11.7. The van der Waals surface area contributed by atoms with Crippen molar-refractivity contribution in [2.24, 2.45) is 13.0 Å². The van der Waals surface area contributed by atoms with Crippen LogP contribution in [0.5, 0.6) is 0 Å². The van der Waals surface area contributed by atoms with Gasteiger partial charge in [0.05, 0.1) is 18.1 Å². The Morgan fingerprint density at radius 3 is 2.95 bits per heavy atom. The topological polar surface area (TPSA) is 58.9 Å². The average Bonchev–Trinajstić information content (AvgIpc) is 2.96. The van der Waals surface area contributed by atoms with Gasteiger partial charge in [0.2, 0.25) is 0 Å². The maximum absolute atomic E-state index is 4.64. The zero-order valence-corrected chi connectivity index (χ0v) is 11.7. The van der Waals surface area contributed by atoms with Crippen molar-refractivity contribution < 1.29 is 0 Å². The standard InChI is InChI=1S/C13H20N6/c1-9-4-5-19(7-9)8-11-16-12(14-2)10-6-15-18(3)13(10)17-11/h6,9H,4-5,7-8H2,1-3H3,(H,14,16,17). The number of hydrogen-bond donors (Lipinski definition) is 1. The molecule has 0 bridgehead atoms. The molecule has 0 radical (unpaired) electrons. The molecule has 0 aromatic carbocycles. The Bertz CT molecular complexity index is 590. The minimum atomic E-state index is 0.782. The van der Waals surface area contributed by atoms with Crippen molar-refractivity contribution in [1.82, 2.24) is 24.6 Å². The van der Waals surface area contributed by atoms with E-state index in [9.17, 15) is 0 Å². The van der Waals surface area contributed by atoms with E-state index in [4.69, 9.17) is 0 Å². The lowest BCUT2D eigenvalue weighted by atomic mass is 10.2. The molecule has 102 valence electrons. The summed E-state index contributed by atoms with van der Waals surface area (Å²) in [7, 11) is 3.80. The molecule has 1 atom stereocenters. The van der Waals surface area contributed by atoms with Crippen LogP contribution in [0.25, 0.3) is 11.0 Å². The van der Waals surface area contributed by atoms with Gasteiger partial charge >= 0.3 is 0 Å². The molecule has 3 heterocycles. The molecular formula is C13H20N6. The van der Waals surface area contributed by atoms with Gasteiger partial charge in [-0.3, -0.25) is 9.58 Å². The fourth-order valence-electron chi connectivity index (χ4n) is 2.70. The molecule has 6 heteroatoms.